The summed E-state index contributed by atoms with van der Waals surface area (Å²) in [6.07, 6.45) is 45.6. The second-order valence-electron chi connectivity index (χ2n) is 19.6. The van der Waals surface area contributed by atoms with Crippen LogP contribution in [0.1, 0.15) is 265 Å². The molecule has 0 fully saturated rings. The van der Waals surface area contributed by atoms with Crippen molar-refractivity contribution in [2.75, 3.05) is 65.7 Å². The van der Waals surface area contributed by atoms with Gasteiger partial charge in [-0.2, -0.15) is 0 Å². The van der Waals surface area contributed by atoms with Crippen molar-refractivity contribution < 1.29 is 24.5 Å². The predicted octanol–water partition coefficient (Wildman–Crippen LogP) is 15.4. The number of rotatable bonds is 53. The minimum atomic E-state index is 0.00491. The number of hydrogen-bond acceptors (Lipinski definition) is 7. The number of aliphatic hydroxyl groups is 2. The van der Waals surface area contributed by atoms with Gasteiger partial charge < -0.3 is 24.6 Å². The largest absolute Gasteiger partial charge is 0.498 e. The van der Waals surface area contributed by atoms with Gasteiger partial charge in [-0.1, -0.05) is 201 Å². The van der Waals surface area contributed by atoms with E-state index in [1.165, 1.54) is 205 Å². The molecular weight excluding hydrogens is 781 g/mol. The molecule has 0 saturated carbocycles. The number of carbonyl (C=O) groups excluding carboxylic acids is 1. The first kappa shape index (κ1) is 61.9. The van der Waals surface area contributed by atoms with Gasteiger partial charge in [-0.25, -0.2) is 0 Å². The summed E-state index contributed by atoms with van der Waals surface area (Å²) in [6.45, 7) is 20.9. The van der Waals surface area contributed by atoms with Crippen molar-refractivity contribution >= 4 is 5.97 Å². The van der Waals surface area contributed by atoms with Gasteiger partial charge in [0.2, 0.25) is 0 Å². The molecule has 376 valence electrons. The van der Waals surface area contributed by atoms with Gasteiger partial charge in [-0.3, -0.25) is 9.69 Å². The molecule has 0 aromatic rings. The van der Waals surface area contributed by atoms with Gasteiger partial charge in [0.05, 0.1) is 25.6 Å². The summed E-state index contributed by atoms with van der Waals surface area (Å²) >= 11 is 0. The van der Waals surface area contributed by atoms with Crippen molar-refractivity contribution in [1.29, 1.82) is 0 Å². The van der Waals surface area contributed by atoms with Crippen LogP contribution in [-0.2, 0) is 14.3 Å². The molecule has 7 heteroatoms. The van der Waals surface area contributed by atoms with Crippen molar-refractivity contribution in [3.63, 3.8) is 0 Å². The lowest BCUT2D eigenvalue weighted by molar-refractivity contribution is -0.145. The average molecular weight is 894 g/mol. The third kappa shape index (κ3) is 44.5. The maximum absolute atomic E-state index is 12.7. The number of allylic oxidation sites excluding steroid dienone is 1. The zero-order valence-corrected chi connectivity index (χ0v) is 43.1. The zero-order valence-electron chi connectivity index (χ0n) is 43.1. The molecule has 7 nitrogen and oxygen atoms in total. The molecule has 0 bridgehead atoms. The van der Waals surface area contributed by atoms with E-state index in [-0.39, 0.29) is 19.2 Å². The summed E-state index contributed by atoms with van der Waals surface area (Å²) in [5.41, 5.74) is 0. The van der Waals surface area contributed by atoms with Crippen LogP contribution in [0.25, 0.3) is 0 Å². The van der Waals surface area contributed by atoms with E-state index < -0.39 is 0 Å². The Labute approximate surface area is 394 Å². The van der Waals surface area contributed by atoms with Crippen LogP contribution in [0.4, 0.5) is 0 Å². The highest BCUT2D eigenvalue weighted by Crippen LogP contribution is 2.23. The molecule has 2 atom stereocenters. The van der Waals surface area contributed by atoms with Crippen LogP contribution >= 0.6 is 0 Å². The summed E-state index contributed by atoms with van der Waals surface area (Å²) in [4.78, 5) is 17.6. The first-order chi connectivity index (χ1) is 30.9. The predicted molar refractivity (Wildman–Crippen MR) is 274 cm³/mol. The minimum Gasteiger partial charge on any atom is -0.498 e. The van der Waals surface area contributed by atoms with Gasteiger partial charge in [-0.15, -0.1) is 0 Å². The smallest absolute Gasteiger partial charge is 0.305 e. The highest BCUT2D eigenvalue weighted by Gasteiger charge is 2.14. The Morgan fingerprint density at radius 1 is 0.397 bits per heavy atom. The maximum atomic E-state index is 12.7. The molecule has 0 heterocycles. The van der Waals surface area contributed by atoms with Crippen LogP contribution in [0.5, 0.6) is 0 Å². The molecule has 0 aliphatic heterocycles. The van der Waals surface area contributed by atoms with Crippen molar-refractivity contribution in [3.8, 4) is 0 Å². The zero-order chi connectivity index (χ0) is 46.1. The van der Waals surface area contributed by atoms with Gasteiger partial charge in [0, 0.05) is 45.6 Å². The maximum Gasteiger partial charge on any atom is 0.305 e. The van der Waals surface area contributed by atoms with Gasteiger partial charge in [0.25, 0.3) is 0 Å². The fraction of sp³-hybridized carbons (Fsp3) is 0.946. The molecule has 0 saturated heterocycles. The lowest BCUT2D eigenvalue weighted by Crippen LogP contribution is -2.38. The van der Waals surface area contributed by atoms with Crippen LogP contribution in [0.2, 0.25) is 0 Å². The van der Waals surface area contributed by atoms with Crippen LogP contribution in [0.15, 0.2) is 12.3 Å². The van der Waals surface area contributed by atoms with Gasteiger partial charge >= 0.3 is 5.97 Å². The average Bonchev–Trinajstić information content (AvgIpc) is 3.28. The molecule has 0 aromatic heterocycles. The first-order valence-electron chi connectivity index (χ1n) is 28.1. The molecule has 2 unspecified atom stereocenters. The second-order valence-corrected chi connectivity index (χ2v) is 19.6. The van der Waals surface area contributed by atoms with Crippen LogP contribution in [0.3, 0.4) is 0 Å². The number of ether oxygens (including phenoxy) is 2. The Morgan fingerprint density at radius 2 is 0.746 bits per heavy atom. The number of unbranched alkanes of at least 4 members (excludes halogenated alkanes) is 24. The van der Waals surface area contributed by atoms with E-state index in [1.54, 1.807) is 0 Å². The van der Waals surface area contributed by atoms with E-state index in [1.807, 2.05) is 0 Å². The minimum absolute atomic E-state index is 0.00491. The van der Waals surface area contributed by atoms with Crippen LogP contribution < -0.4 is 0 Å². The summed E-state index contributed by atoms with van der Waals surface area (Å²) in [6, 6.07) is 0. The highest BCUT2D eigenvalue weighted by molar-refractivity contribution is 5.69. The molecule has 0 rings (SSSR count). The summed E-state index contributed by atoms with van der Waals surface area (Å²) in [7, 11) is 0. The molecule has 2 N–H and O–H groups in total. The van der Waals surface area contributed by atoms with E-state index >= 15 is 0 Å². The number of aliphatic hydroxyl groups excluding tert-OH is 2. The SMILES string of the molecule is C=C(CCCCCCCN(CCCCCCCC(=O)OCC(CCCCCC)CCCCCCCC)CCN(CCO)CCCO)OCC(CCCCCC)CCCCCCCC. The Hall–Kier alpha value is -1.15. The molecule has 0 aromatic carbocycles. The molecule has 0 aliphatic carbocycles. The third-order valence-electron chi connectivity index (χ3n) is 13.4. The van der Waals surface area contributed by atoms with E-state index in [9.17, 15) is 15.0 Å². The standard InChI is InChI=1S/C56H112N2O5/c1-6-10-14-18-23-31-40-54(38-29-16-12-8-3)51-62-53(5)37-28-22-20-26-34-43-57(46-47-58(48-50-60)45-36-49-59)44-35-27-21-25-33-42-56(61)63-52-55(39-30-17-13-9-4)41-32-24-19-15-11-7-2/h54-55,59-60H,5-52H2,1-4H3. The second kappa shape index (κ2) is 50.3. The number of carbonyl (C=O) groups is 1. The van der Waals surface area contributed by atoms with Crippen LogP contribution in [-0.4, -0.2) is 91.7 Å². The lowest BCUT2D eigenvalue weighted by Gasteiger charge is -2.27. The Kier molecular flexibility index (Phi) is 49.3. The van der Waals surface area contributed by atoms with E-state index in [2.05, 4.69) is 44.1 Å². The Bertz CT molecular complexity index is 871. The Balaban J connectivity index is 4.58. The molecule has 0 aliphatic rings. The van der Waals surface area contributed by atoms with Gasteiger partial charge in [0.1, 0.15) is 0 Å². The fourth-order valence-corrected chi connectivity index (χ4v) is 9.07. The van der Waals surface area contributed by atoms with Crippen LogP contribution in [0, 0.1) is 11.8 Å². The van der Waals surface area contributed by atoms with Crippen molar-refractivity contribution in [1.82, 2.24) is 9.80 Å². The number of esters is 1. The molecule has 63 heavy (non-hydrogen) atoms. The molecule has 0 radical (unpaired) electrons. The van der Waals surface area contributed by atoms with Gasteiger partial charge in [-0.05, 0) is 82.7 Å². The molecule has 0 amide bonds. The fourth-order valence-electron chi connectivity index (χ4n) is 9.07. The van der Waals surface area contributed by atoms with Crippen molar-refractivity contribution in [2.45, 2.75) is 265 Å². The summed E-state index contributed by atoms with van der Waals surface area (Å²) in [5.74, 6) is 2.21. The lowest BCUT2D eigenvalue weighted by atomic mass is 9.95. The van der Waals surface area contributed by atoms with Crippen molar-refractivity contribution in [3.05, 3.63) is 12.3 Å². The van der Waals surface area contributed by atoms with Gasteiger partial charge in [0.15, 0.2) is 0 Å². The highest BCUT2D eigenvalue weighted by atomic mass is 16.5. The number of nitrogens with zero attached hydrogens (tertiary/aromatic N) is 2. The van der Waals surface area contributed by atoms with E-state index in [4.69, 9.17) is 9.47 Å². The topological polar surface area (TPSA) is 82.5 Å². The molecule has 0 spiro atoms. The summed E-state index contributed by atoms with van der Waals surface area (Å²) < 4.78 is 12.1. The van der Waals surface area contributed by atoms with E-state index in [0.29, 0.717) is 31.4 Å². The normalized spacial score (nSPS) is 12.7. The molecular formula is C56H112N2O5. The van der Waals surface area contributed by atoms with Crippen molar-refractivity contribution in [2.24, 2.45) is 11.8 Å². The third-order valence-corrected chi connectivity index (χ3v) is 13.4. The monoisotopic (exact) mass is 893 g/mol. The van der Waals surface area contributed by atoms with E-state index in [0.717, 1.165) is 70.8 Å². The number of hydrogen-bond donors (Lipinski definition) is 2. The summed E-state index contributed by atoms with van der Waals surface area (Å²) in [5, 5.41) is 19.0. The quantitative estimate of drug-likeness (QED) is 0.0358. The first-order valence-corrected chi connectivity index (χ1v) is 28.1. The Morgan fingerprint density at radius 3 is 1.19 bits per heavy atom.